The van der Waals surface area contributed by atoms with Crippen LogP contribution >= 0.6 is 0 Å². The number of rotatable bonds is 8. The number of amides is 1. The van der Waals surface area contributed by atoms with Crippen LogP contribution in [0.15, 0.2) is 66.5 Å². The lowest BCUT2D eigenvalue weighted by molar-refractivity contribution is 0.0803. The summed E-state index contributed by atoms with van der Waals surface area (Å²) in [5, 5.41) is 0. The zero-order chi connectivity index (χ0) is 41.2. The SMILES string of the molecule is C=C1N(C)C(=O)c2c(ncn2CC(Cn2cnc3c2c(=O)n(C)c(=O)n3C)(Cn2cnc3c2c(=O)n(C)c(=O)n3C)Cn2cnc3c2c(=O)n(C)c(=O)n3C)N1C. The Labute approximate surface area is 319 Å². The number of imidazole rings is 4. The normalized spacial score (nSPS) is 13.6. The quantitative estimate of drug-likeness (QED) is 0.152. The number of aromatic nitrogens is 14. The first-order valence-electron chi connectivity index (χ1n) is 17.5. The summed E-state index contributed by atoms with van der Waals surface area (Å²) in [7, 11) is 11.9. The Hall–Kier alpha value is -7.33. The van der Waals surface area contributed by atoms with Crippen LogP contribution in [0, 0.1) is 5.41 Å². The van der Waals surface area contributed by atoms with Crippen LogP contribution in [-0.2, 0) is 68.5 Å². The number of carbonyl (C=O) groups is 1. The first kappa shape index (κ1) is 36.6. The van der Waals surface area contributed by atoms with E-state index >= 15 is 0 Å². The fourth-order valence-electron chi connectivity index (χ4n) is 7.87. The van der Waals surface area contributed by atoms with Gasteiger partial charge in [0.2, 0.25) is 0 Å². The van der Waals surface area contributed by atoms with Gasteiger partial charge in [0.15, 0.2) is 45.0 Å². The number of hydrogen-bond acceptors (Lipinski definition) is 12. The molecule has 0 atom stereocenters. The van der Waals surface area contributed by atoms with E-state index in [0.717, 1.165) is 13.7 Å². The number of aryl methyl sites for hydroxylation is 3. The Bertz CT molecular complexity index is 3000. The highest BCUT2D eigenvalue weighted by atomic mass is 16.2. The molecule has 0 saturated heterocycles. The molecule has 23 heteroatoms. The molecule has 0 radical (unpaired) electrons. The summed E-state index contributed by atoms with van der Waals surface area (Å²) in [5.41, 5.74) is -4.08. The van der Waals surface area contributed by atoms with Crippen molar-refractivity contribution in [2.75, 3.05) is 19.0 Å². The molecule has 0 bridgehead atoms. The van der Waals surface area contributed by atoms with E-state index in [2.05, 4.69) is 26.5 Å². The minimum Gasteiger partial charge on any atom is -0.324 e. The van der Waals surface area contributed by atoms with Gasteiger partial charge >= 0.3 is 17.1 Å². The van der Waals surface area contributed by atoms with Crippen LogP contribution < -0.4 is 38.6 Å². The van der Waals surface area contributed by atoms with Crippen molar-refractivity contribution in [1.29, 1.82) is 0 Å². The summed E-state index contributed by atoms with van der Waals surface area (Å²) in [6.45, 7) is 3.69. The number of hydrogen-bond donors (Lipinski definition) is 0. The molecule has 0 spiro atoms. The predicted molar refractivity (Wildman–Crippen MR) is 205 cm³/mol. The van der Waals surface area contributed by atoms with E-state index in [1.165, 1.54) is 86.2 Å². The summed E-state index contributed by atoms with van der Waals surface area (Å²) < 4.78 is 13.1. The van der Waals surface area contributed by atoms with E-state index in [4.69, 9.17) is 0 Å². The molecule has 7 aromatic rings. The third-order valence-corrected chi connectivity index (χ3v) is 11.1. The van der Waals surface area contributed by atoms with Gasteiger partial charge < -0.3 is 23.2 Å². The molecule has 23 nitrogen and oxygen atoms in total. The lowest BCUT2D eigenvalue weighted by atomic mass is 9.86. The van der Waals surface area contributed by atoms with Crippen LogP contribution in [0.3, 0.4) is 0 Å². The standard InChI is InChI=1S/C34H38N16O7/c1-18-39(2)23-19(27(51)40(18)3)47(14-35-23)10-34(11-48-15-36-24-20(48)28(52)44(7)31(55)41(24)4,12-49-16-37-25-21(49)29(53)45(8)32(56)42(25)5)13-50-17-38-26-22(50)30(54)46(9)33(57)43(26)6/h14-17H,1,10-13H2,2-9H3. The van der Waals surface area contributed by atoms with Gasteiger partial charge in [-0.05, 0) is 0 Å². The van der Waals surface area contributed by atoms with Gasteiger partial charge in [-0.3, -0.25) is 51.5 Å². The van der Waals surface area contributed by atoms with Crippen molar-refractivity contribution in [2.45, 2.75) is 26.2 Å². The van der Waals surface area contributed by atoms with Crippen molar-refractivity contribution in [2.24, 2.45) is 47.7 Å². The molecule has 0 aliphatic carbocycles. The maximum absolute atomic E-state index is 14.0. The molecule has 1 aliphatic rings. The van der Waals surface area contributed by atoms with Crippen LogP contribution in [-0.4, -0.2) is 90.5 Å². The second-order valence-corrected chi connectivity index (χ2v) is 14.6. The highest BCUT2D eigenvalue weighted by Crippen LogP contribution is 2.35. The van der Waals surface area contributed by atoms with Crippen molar-refractivity contribution in [3.05, 3.63) is 106 Å². The summed E-state index contributed by atoms with van der Waals surface area (Å²) in [6, 6.07) is 0. The van der Waals surface area contributed by atoms with Crippen molar-refractivity contribution < 1.29 is 4.79 Å². The molecule has 0 fully saturated rings. The molecule has 0 saturated carbocycles. The van der Waals surface area contributed by atoms with Crippen molar-refractivity contribution in [3.8, 4) is 0 Å². The van der Waals surface area contributed by atoms with Crippen LogP contribution in [0.25, 0.3) is 33.5 Å². The summed E-state index contributed by atoms with van der Waals surface area (Å²) in [6.07, 6.45) is 5.76. The minimum atomic E-state index is -1.30. The van der Waals surface area contributed by atoms with Crippen molar-refractivity contribution >= 4 is 45.2 Å². The van der Waals surface area contributed by atoms with Crippen molar-refractivity contribution in [1.82, 2.24) is 70.5 Å². The summed E-state index contributed by atoms with van der Waals surface area (Å²) in [4.78, 5) is 115. The topological polar surface area (TPSA) is 227 Å². The highest BCUT2D eigenvalue weighted by Gasteiger charge is 2.40. The van der Waals surface area contributed by atoms with E-state index < -0.39 is 45.1 Å². The van der Waals surface area contributed by atoms with Crippen molar-refractivity contribution in [3.63, 3.8) is 0 Å². The van der Waals surface area contributed by atoms with E-state index in [9.17, 15) is 33.6 Å². The fourth-order valence-corrected chi connectivity index (χ4v) is 7.87. The number of carbonyl (C=O) groups excluding carboxylic acids is 1. The maximum atomic E-state index is 14.0. The Morgan fingerprint density at radius 2 is 0.807 bits per heavy atom. The Kier molecular flexibility index (Phi) is 7.93. The van der Waals surface area contributed by atoms with Gasteiger partial charge in [0.05, 0.1) is 25.3 Å². The van der Waals surface area contributed by atoms with E-state index in [0.29, 0.717) is 11.6 Å². The van der Waals surface area contributed by atoms with E-state index in [1.54, 1.807) is 37.3 Å². The lowest BCUT2D eigenvalue weighted by Crippen LogP contribution is -2.45. The van der Waals surface area contributed by atoms with Gasteiger partial charge in [0.1, 0.15) is 5.82 Å². The van der Waals surface area contributed by atoms with Gasteiger partial charge in [0.25, 0.3) is 22.6 Å². The largest absolute Gasteiger partial charge is 0.332 e. The van der Waals surface area contributed by atoms with E-state index in [1.807, 2.05) is 0 Å². The maximum Gasteiger partial charge on any atom is 0.332 e. The molecule has 8 heterocycles. The van der Waals surface area contributed by atoms with Crippen LogP contribution in [0.1, 0.15) is 10.5 Å². The molecule has 8 rings (SSSR count). The van der Waals surface area contributed by atoms with Crippen LogP contribution in [0.2, 0.25) is 0 Å². The lowest BCUT2D eigenvalue weighted by Gasteiger charge is -2.37. The summed E-state index contributed by atoms with van der Waals surface area (Å²) in [5.74, 6) is 0.334. The third-order valence-electron chi connectivity index (χ3n) is 11.1. The number of anilines is 1. The van der Waals surface area contributed by atoms with E-state index in [-0.39, 0.29) is 65.4 Å². The average molecular weight is 783 g/mol. The second-order valence-electron chi connectivity index (χ2n) is 14.6. The van der Waals surface area contributed by atoms with Gasteiger partial charge in [-0.15, -0.1) is 0 Å². The average Bonchev–Trinajstić information content (AvgIpc) is 4.00. The van der Waals surface area contributed by atoms with Gasteiger partial charge in [0, 0.05) is 88.0 Å². The van der Waals surface area contributed by atoms with Crippen LogP contribution in [0.4, 0.5) is 5.82 Å². The Morgan fingerprint density at radius 3 is 1.18 bits per heavy atom. The van der Waals surface area contributed by atoms with Gasteiger partial charge in [-0.1, -0.05) is 6.58 Å². The molecule has 1 amide bonds. The molecule has 0 unspecified atom stereocenters. The smallest absolute Gasteiger partial charge is 0.324 e. The number of fused-ring (bicyclic) bond motifs is 4. The highest BCUT2D eigenvalue weighted by molar-refractivity contribution is 6.01. The Balaban J connectivity index is 1.45. The minimum absolute atomic E-state index is 0.0571. The third kappa shape index (κ3) is 5.07. The van der Waals surface area contributed by atoms with Gasteiger partial charge in [-0.25, -0.2) is 34.3 Å². The molecule has 57 heavy (non-hydrogen) atoms. The second kappa shape index (κ2) is 12.3. The van der Waals surface area contributed by atoms with Crippen LogP contribution in [0.5, 0.6) is 0 Å². The van der Waals surface area contributed by atoms with Gasteiger partial charge in [-0.2, -0.15) is 0 Å². The fraction of sp³-hybridized carbons (Fsp3) is 0.382. The zero-order valence-corrected chi connectivity index (χ0v) is 32.4. The number of nitrogens with zero attached hydrogens (tertiary/aromatic N) is 16. The molecule has 1 aliphatic heterocycles. The molecule has 7 aromatic heterocycles. The molecule has 0 aromatic carbocycles. The summed E-state index contributed by atoms with van der Waals surface area (Å²) >= 11 is 0. The molecular weight excluding hydrogens is 744 g/mol. The molecule has 296 valence electrons. The molecule has 0 N–H and O–H groups in total. The first-order chi connectivity index (χ1) is 26.9. The Morgan fingerprint density at radius 1 is 0.474 bits per heavy atom. The zero-order valence-electron chi connectivity index (χ0n) is 32.4. The predicted octanol–water partition coefficient (Wildman–Crippen LogP) is -2.80. The monoisotopic (exact) mass is 782 g/mol. The molecular formula is C34H38N16O7. The first-order valence-corrected chi connectivity index (χ1v) is 17.5.